The van der Waals surface area contributed by atoms with Gasteiger partial charge in [0.05, 0.1) is 0 Å². The molecule has 0 unspecified atom stereocenters. The predicted octanol–water partition coefficient (Wildman–Crippen LogP) is 3.00. The van der Waals surface area contributed by atoms with Crippen molar-refractivity contribution in [1.82, 2.24) is 0 Å². The lowest BCUT2D eigenvalue weighted by Gasteiger charge is -2.29. The highest BCUT2D eigenvalue weighted by molar-refractivity contribution is 7.85. The summed E-state index contributed by atoms with van der Waals surface area (Å²) >= 11 is 0. The van der Waals surface area contributed by atoms with E-state index >= 15 is 0 Å². The minimum atomic E-state index is -0.573. The Bertz CT molecular complexity index is 444. The second-order valence-electron chi connectivity index (χ2n) is 5.86. The zero-order valence-corrected chi connectivity index (χ0v) is 12.8. The molecule has 1 aromatic carbocycles. The van der Waals surface area contributed by atoms with E-state index in [0.717, 1.165) is 24.3 Å². The van der Waals surface area contributed by atoms with Gasteiger partial charge >= 0.3 is 0 Å². The summed E-state index contributed by atoms with van der Waals surface area (Å²) in [7, 11) is -0.573. The summed E-state index contributed by atoms with van der Waals surface area (Å²) in [5, 5.41) is 3.58. The Kier molecular flexibility index (Phi) is 4.61. The lowest BCUT2D eigenvalue weighted by molar-refractivity contribution is 0.578. The molecule has 3 rings (SSSR count). The Morgan fingerprint density at radius 2 is 1.65 bits per heavy atom. The summed E-state index contributed by atoms with van der Waals surface area (Å²) in [6, 6.07) is 9.34. The minimum Gasteiger partial charge on any atom is -0.382 e. The van der Waals surface area contributed by atoms with Crippen LogP contribution in [0.4, 0.5) is 11.4 Å². The molecule has 0 saturated carbocycles. The SMILES string of the molecule is O=S1CCC(Nc2ccc(N3CCCCC3)cc2)CC1. The maximum Gasteiger partial charge on any atom is 0.0367 e. The summed E-state index contributed by atoms with van der Waals surface area (Å²) in [5.74, 6) is 1.70. The molecule has 0 aliphatic carbocycles. The lowest BCUT2D eigenvalue weighted by atomic mass is 10.1. The zero-order valence-electron chi connectivity index (χ0n) is 12.0. The number of anilines is 2. The third kappa shape index (κ3) is 3.54. The van der Waals surface area contributed by atoms with Crippen molar-refractivity contribution in [3.8, 4) is 0 Å². The number of benzene rings is 1. The molecule has 0 atom stereocenters. The summed E-state index contributed by atoms with van der Waals surface area (Å²) < 4.78 is 11.4. The normalized spacial score (nSPS) is 27.3. The molecule has 1 N–H and O–H groups in total. The predicted molar refractivity (Wildman–Crippen MR) is 87.0 cm³/mol. The van der Waals surface area contributed by atoms with E-state index in [1.807, 2.05) is 0 Å². The highest BCUT2D eigenvalue weighted by Gasteiger charge is 2.17. The van der Waals surface area contributed by atoms with E-state index in [0.29, 0.717) is 6.04 Å². The van der Waals surface area contributed by atoms with E-state index in [1.54, 1.807) is 0 Å². The van der Waals surface area contributed by atoms with E-state index in [9.17, 15) is 4.21 Å². The Morgan fingerprint density at radius 3 is 2.30 bits per heavy atom. The molecule has 0 aromatic heterocycles. The standard InChI is InChI=1S/C16H24N2OS/c19-20-12-8-15(9-13-20)17-14-4-6-16(7-5-14)18-10-2-1-3-11-18/h4-7,15,17H,1-3,8-13H2. The maximum absolute atomic E-state index is 11.4. The van der Waals surface area contributed by atoms with Crippen LogP contribution in [0.15, 0.2) is 24.3 Å². The van der Waals surface area contributed by atoms with Crippen LogP contribution < -0.4 is 10.2 Å². The number of hydrogen-bond donors (Lipinski definition) is 1. The van der Waals surface area contributed by atoms with Crippen LogP contribution in [0.2, 0.25) is 0 Å². The van der Waals surface area contributed by atoms with Crippen LogP contribution in [0.1, 0.15) is 32.1 Å². The van der Waals surface area contributed by atoms with E-state index in [4.69, 9.17) is 0 Å². The minimum absolute atomic E-state index is 0.494. The molecular formula is C16H24N2OS. The highest BCUT2D eigenvalue weighted by Crippen LogP contribution is 2.23. The van der Waals surface area contributed by atoms with Crippen molar-refractivity contribution in [2.24, 2.45) is 0 Å². The van der Waals surface area contributed by atoms with Crippen molar-refractivity contribution in [1.29, 1.82) is 0 Å². The molecule has 4 heteroatoms. The molecule has 2 aliphatic rings. The van der Waals surface area contributed by atoms with Gasteiger partial charge in [-0.15, -0.1) is 0 Å². The van der Waals surface area contributed by atoms with E-state index in [-0.39, 0.29) is 0 Å². The highest BCUT2D eigenvalue weighted by atomic mass is 32.2. The number of piperidine rings is 1. The van der Waals surface area contributed by atoms with Gasteiger partial charge in [-0.1, -0.05) is 0 Å². The molecule has 0 radical (unpaired) electrons. The van der Waals surface area contributed by atoms with Crippen molar-refractivity contribution in [3.63, 3.8) is 0 Å². The van der Waals surface area contributed by atoms with Crippen LogP contribution in [-0.4, -0.2) is 34.8 Å². The summed E-state index contributed by atoms with van der Waals surface area (Å²) in [6.07, 6.45) is 6.07. The second-order valence-corrected chi connectivity index (χ2v) is 7.56. The van der Waals surface area contributed by atoms with Gasteiger partial charge in [0.2, 0.25) is 0 Å². The molecule has 2 heterocycles. The Balaban J connectivity index is 1.57. The van der Waals surface area contributed by atoms with Crippen LogP contribution >= 0.6 is 0 Å². The van der Waals surface area contributed by atoms with Gasteiger partial charge in [-0.2, -0.15) is 0 Å². The molecule has 2 aliphatic heterocycles. The summed E-state index contributed by atoms with van der Waals surface area (Å²) in [6.45, 7) is 2.39. The van der Waals surface area contributed by atoms with Crippen LogP contribution in [0.3, 0.4) is 0 Å². The van der Waals surface area contributed by atoms with Crippen LogP contribution in [-0.2, 0) is 10.8 Å². The Morgan fingerprint density at radius 1 is 1.00 bits per heavy atom. The van der Waals surface area contributed by atoms with Crippen LogP contribution in [0, 0.1) is 0 Å². The first-order valence-corrected chi connectivity index (χ1v) is 9.26. The molecule has 0 spiro atoms. The maximum atomic E-state index is 11.4. The van der Waals surface area contributed by atoms with E-state index in [2.05, 4.69) is 34.5 Å². The first kappa shape index (κ1) is 13.9. The van der Waals surface area contributed by atoms with Crippen molar-refractivity contribution < 1.29 is 4.21 Å². The van der Waals surface area contributed by atoms with Gasteiger partial charge in [-0.3, -0.25) is 4.21 Å². The lowest BCUT2D eigenvalue weighted by Crippen LogP contribution is -2.30. The van der Waals surface area contributed by atoms with Crippen molar-refractivity contribution in [2.75, 3.05) is 34.8 Å². The van der Waals surface area contributed by atoms with E-state index in [1.165, 1.54) is 43.7 Å². The van der Waals surface area contributed by atoms with Gasteiger partial charge in [0, 0.05) is 52.8 Å². The molecule has 1 aromatic rings. The number of hydrogen-bond acceptors (Lipinski definition) is 3. The molecule has 0 bridgehead atoms. The fourth-order valence-electron chi connectivity index (χ4n) is 3.09. The third-order valence-corrected chi connectivity index (χ3v) is 5.73. The first-order chi connectivity index (χ1) is 9.81. The smallest absolute Gasteiger partial charge is 0.0367 e. The van der Waals surface area contributed by atoms with E-state index < -0.39 is 10.8 Å². The molecule has 2 saturated heterocycles. The van der Waals surface area contributed by atoms with Crippen molar-refractivity contribution in [3.05, 3.63) is 24.3 Å². The van der Waals surface area contributed by atoms with Gasteiger partial charge in [-0.05, 0) is 56.4 Å². The third-order valence-electron chi connectivity index (χ3n) is 4.35. The first-order valence-electron chi connectivity index (χ1n) is 7.78. The monoisotopic (exact) mass is 292 g/mol. The average molecular weight is 292 g/mol. The van der Waals surface area contributed by atoms with Gasteiger partial charge < -0.3 is 10.2 Å². The molecule has 3 nitrogen and oxygen atoms in total. The topological polar surface area (TPSA) is 32.3 Å². The zero-order chi connectivity index (χ0) is 13.8. The Hall–Kier alpha value is -1.03. The molecule has 20 heavy (non-hydrogen) atoms. The summed E-state index contributed by atoms with van der Waals surface area (Å²) in [5.41, 5.74) is 2.54. The van der Waals surface area contributed by atoms with Crippen molar-refractivity contribution >= 4 is 22.2 Å². The average Bonchev–Trinajstić information content (AvgIpc) is 2.51. The second kappa shape index (κ2) is 6.61. The van der Waals surface area contributed by atoms with Gasteiger partial charge in [0.1, 0.15) is 0 Å². The summed E-state index contributed by atoms with van der Waals surface area (Å²) in [4.78, 5) is 2.48. The van der Waals surface area contributed by atoms with Crippen LogP contribution in [0.25, 0.3) is 0 Å². The van der Waals surface area contributed by atoms with Gasteiger partial charge in [0.15, 0.2) is 0 Å². The molecule has 110 valence electrons. The fourth-order valence-corrected chi connectivity index (χ4v) is 4.39. The molecule has 0 amide bonds. The Labute approximate surface area is 124 Å². The van der Waals surface area contributed by atoms with Gasteiger partial charge in [-0.25, -0.2) is 0 Å². The van der Waals surface area contributed by atoms with Crippen molar-refractivity contribution in [2.45, 2.75) is 38.1 Å². The van der Waals surface area contributed by atoms with Gasteiger partial charge in [0.25, 0.3) is 0 Å². The quantitative estimate of drug-likeness (QED) is 0.929. The fraction of sp³-hybridized carbons (Fsp3) is 0.625. The number of nitrogens with one attached hydrogen (secondary N) is 1. The largest absolute Gasteiger partial charge is 0.382 e. The molecular weight excluding hydrogens is 268 g/mol. The number of rotatable bonds is 3. The molecule has 2 fully saturated rings. The number of nitrogens with zero attached hydrogens (tertiary/aromatic N) is 1. The van der Waals surface area contributed by atoms with Crippen LogP contribution in [0.5, 0.6) is 0 Å².